The van der Waals surface area contributed by atoms with Crippen LogP contribution in [-0.4, -0.2) is 47.5 Å². The van der Waals surface area contributed by atoms with E-state index in [1.165, 1.54) is 0 Å². The van der Waals surface area contributed by atoms with Crippen molar-refractivity contribution in [3.05, 3.63) is 29.0 Å². The smallest absolute Gasteiger partial charge is 0.151 e. The Morgan fingerprint density at radius 3 is 2.90 bits per heavy atom. The average Bonchev–Trinajstić information content (AvgIpc) is 2.91. The second kappa shape index (κ2) is 5.26. The van der Waals surface area contributed by atoms with Gasteiger partial charge >= 0.3 is 0 Å². The van der Waals surface area contributed by atoms with Crippen molar-refractivity contribution in [3.8, 4) is 0 Å². The molecule has 0 saturated carbocycles. The molecule has 0 radical (unpaired) electrons. The third-order valence-electron chi connectivity index (χ3n) is 4.16. The predicted octanol–water partition coefficient (Wildman–Crippen LogP) is 1.85. The molecule has 1 unspecified atom stereocenters. The zero-order valence-electron chi connectivity index (χ0n) is 12.1. The van der Waals surface area contributed by atoms with Crippen LogP contribution in [-0.2, 0) is 23.4 Å². The molecule has 1 aliphatic heterocycles. The van der Waals surface area contributed by atoms with Crippen LogP contribution in [0, 0.1) is 0 Å². The number of nitrogens with zero attached hydrogens (tertiary/aromatic N) is 3. The first-order valence-electron chi connectivity index (χ1n) is 6.87. The zero-order chi connectivity index (χ0) is 15.2. The Hall–Kier alpha value is -1.11. The fraction of sp³-hybridized carbons (Fsp3) is 0.500. The van der Waals surface area contributed by atoms with E-state index in [-0.39, 0.29) is 11.8 Å². The zero-order valence-corrected chi connectivity index (χ0v) is 13.7. The molecule has 1 aromatic carbocycles. The van der Waals surface area contributed by atoms with Crippen LogP contribution in [0.1, 0.15) is 12.2 Å². The minimum absolute atomic E-state index is 0.0819. The van der Waals surface area contributed by atoms with Gasteiger partial charge in [0, 0.05) is 18.1 Å². The van der Waals surface area contributed by atoms with Gasteiger partial charge < -0.3 is 4.57 Å². The lowest BCUT2D eigenvalue weighted by Gasteiger charge is -2.22. The van der Waals surface area contributed by atoms with Crippen molar-refractivity contribution in [2.24, 2.45) is 7.05 Å². The minimum Gasteiger partial charge on any atom is -0.330 e. The summed E-state index contributed by atoms with van der Waals surface area (Å²) in [5, 5.41) is 0.669. The molecule has 0 amide bonds. The number of fused-ring (bicyclic) bond motifs is 1. The Labute approximate surface area is 129 Å². The van der Waals surface area contributed by atoms with E-state index >= 15 is 0 Å². The van der Waals surface area contributed by atoms with Gasteiger partial charge in [0.05, 0.1) is 29.1 Å². The van der Waals surface area contributed by atoms with E-state index in [4.69, 9.17) is 11.6 Å². The first kappa shape index (κ1) is 14.8. The van der Waals surface area contributed by atoms with Crippen molar-refractivity contribution in [3.63, 3.8) is 0 Å². The topological polar surface area (TPSA) is 55.2 Å². The largest absolute Gasteiger partial charge is 0.330 e. The predicted molar refractivity (Wildman–Crippen MR) is 84.2 cm³/mol. The van der Waals surface area contributed by atoms with Gasteiger partial charge in [-0.05, 0) is 31.7 Å². The number of benzene rings is 1. The number of halogens is 1. The maximum Gasteiger partial charge on any atom is 0.151 e. The fourth-order valence-corrected chi connectivity index (χ4v) is 4.81. The summed E-state index contributed by atoms with van der Waals surface area (Å²) in [6.07, 6.45) is 0.703. The van der Waals surface area contributed by atoms with Crippen molar-refractivity contribution in [1.29, 1.82) is 0 Å². The molecule has 114 valence electrons. The third-order valence-corrected chi connectivity index (χ3v) is 6.14. The molecular weight excluding hydrogens is 310 g/mol. The first-order chi connectivity index (χ1) is 9.85. The monoisotopic (exact) mass is 327 g/mol. The summed E-state index contributed by atoms with van der Waals surface area (Å²) >= 11 is 5.99. The highest BCUT2D eigenvalue weighted by atomic mass is 35.5. The summed E-state index contributed by atoms with van der Waals surface area (Å²) in [5.41, 5.74) is 1.90. The number of sulfone groups is 1. The van der Waals surface area contributed by atoms with Gasteiger partial charge in [-0.15, -0.1) is 0 Å². The Balaban J connectivity index is 1.83. The van der Waals surface area contributed by atoms with Crippen molar-refractivity contribution < 1.29 is 8.42 Å². The molecule has 3 rings (SSSR count). The highest BCUT2D eigenvalue weighted by Crippen LogP contribution is 2.22. The van der Waals surface area contributed by atoms with E-state index in [9.17, 15) is 8.42 Å². The Morgan fingerprint density at radius 2 is 2.24 bits per heavy atom. The average molecular weight is 328 g/mol. The standard InChI is InChI=1S/C14H18ClN3O2S/c1-17(11-5-6-21(19,20)9-11)8-14-16-12-7-10(15)3-4-13(12)18(14)2/h3-4,7,11H,5-6,8-9H2,1-2H3. The van der Waals surface area contributed by atoms with Crippen LogP contribution in [0.3, 0.4) is 0 Å². The molecule has 7 heteroatoms. The molecule has 2 aromatic rings. The number of imidazole rings is 1. The molecule has 21 heavy (non-hydrogen) atoms. The Kier molecular flexibility index (Phi) is 3.71. The first-order valence-corrected chi connectivity index (χ1v) is 9.07. The fourth-order valence-electron chi connectivity index (χ4n) is 2.84. The van der Waals surface area contributed by atoms with Crippen LogP contribution in [0.2, 0.25) is 5.02 Å². The van der Waals surface area contributed by atoms with E-state index < -0.39 is 9.84 Å². The van der Waals surface area contributed by atoms with E-state index in [1.807, 2.05) is 36.9 Å². The molecule has 1 fully saturated rings. The van der Waals surface area contributed by atoms with Crippen molar-refractivity contribution >= 4 is 32.5 Å². The number of aryl methyl sites for hydroxylation is 1. The van der Waals surface area contributed by atoms with Gasteiger partial charge in [0.15, 0.2) is 9.84 Å². The molecule has 0 N–H and O–H groups in total. The number of hydrogen-bond acceptors (Lipinski definition) is 4. The maximum atomic E-state index is 11.6. The van der Waals surface area contributed by atoms with Crippen LogP contribution in [0.4, 0.5) is 0 Å². The Morgan fingerprint density at radius 1 is 1.48 bits per heavy atom. The minimum atomic E-state index is -2.86. The maximum absolute atomic E-state index is 11.6. The molecule has 1 aliphatic rings. The molecule has 1 aromatic heterocycles. The lowest BCUT2D eigenvalue weighted by molar-refractivity contribution is 0.246. The molecule has 1 saturated heterocycles. The van der Waals surface area contributed by atoms with Crippen molar-refractivity contribution in [1.82, 2.24) is 14.5 Å². The molecule has 0 aliphatic carbocycles. The van der Waals surface area contributed by atoms with Crippen LogP contribution >= 0.6 is 11.6 Å². The van der Waals surface area contributed by atoms with Crippen LogP contribution < -0.4 is 0 Å². The van der Waals surface area contributed by atoms with Crippen LogP contribution in [0.5, 0.6) is 0 Å². The Bertz CT molecular complexity index is 785. The van der Waals surface area contributed by atoms with Gasteiger partial charge in [-0.25, -0.2) is 13.4 Å². The lowest BCUT2D eigenvalue weighted by Crippen LogP contribution is -2.32. The highest BCUT2D eigenvalue weighted by Gasteiger charge is 2.31. The third kappa shape index (κ3) is 2.93. The summed E-state index contributed by atoms with van der Waals surface area (Å²) in [4.78, 5) is 6.68. The summed E-state index contributed by atoms with van der Waals surface area (Å²) in [7, 11) is 1.07. The quantitative estimate of drug-likeness (QED) is 0.863. The molecule has 2 heterocycles. The molecule has 1 atom stereocenters. The summed E-state index contributed by atoms with van der Waals surface area (Å²) in [6, 6.07) is 5.73. The van der Waals surface area contributed by atoms with Gasteiger partial charge in [-0.2, -0.15) is 0 Å². The number of aromatic nitrogens is 2. The second-order valence-electron chi connectivity index (χ2n) is 5.69. The SMILES string of the molecule is CN(Cc1nc2cc(Cl)ccc2n1C)C1CCS(=O)(=O)C1. The van der Waals surface area contributed by atoms with Gasteiger partial charge in [-0.1, -0.05) is 11.6 Å². The van der Waals surface area contributed by atoms with Gasteiger partial charge in [0.25, 0.3) is 0 Å². The molecule has 5 nitrogen and oxygen atoms in total. The molecular formula is C14H18ClN3O2S. The second-order valence-corrected chi connectivity index (χ2v) is 8.36. The summed E-state index contributed by atoms with van der Waals surface area (Å²) in [5.74, 6) is 1.46. The summed E-state index contributed by atoms with van der Waals surface area (Å²) in [6.45, 7) is 0.628. The van der Waals surface area contributed by atoms with Crippen molar-refractivity contribution in [2.75, 3.05) is 18.6 Å². The summed E-state index contributed by atoms with van der Waals surface area (Å²) < 4.78 is 25.2. The number of hydrogen-bond donors (Lipinski definition) is 0. The van der Waals surface area contributed by atoms with Crippen LogP contribution in [0.25, 0.3) is 11.0 Å². The normalized spacial score (nSPS) is 21.4. The molecule has 0 spiro atoms. The van der Waals surface area contributed by atoms with E-state index in [0.29, 0.717) is 23.7 Å². The molecule has 0 bridgehead atoms. The highest BCUT2D eigenvalue weighted by molar-refractivity contribution is 7.91. The van der Waals surface area contributed by atoms with E-state index in [0.717, 1.165) is 16.9 Å². The lowest BCUT2D eigenvalue weighted by atomic mass is 10.2. The number of rotatable bonds is 3. The van der Waals surface area contributed by atoms with Gasteiger partial charge in [0.1, 0.15) is 5.82 Å². The van der Waals surface area contributed by atoms with E-state index in [1.54, 1.807) is 0 Å². The van der Waals surface area contributed by atoms with Gasteiger partial charge in [0.2, 0.25) is 0 Å². The van der Waals surface area contributed by atoms with E-state index in [2.05, 4.69) is 9.88 Å². The van der Waals surface area contributed by atoms with Crippen LogP contribution in [0.15, 0.2) is 18.2 Å². The van der Waals surface area contributed by atoms with Crippen molar-refractivity contribution in [2.45, 2.75) is 19.0 Å². The van der Waals surface area contributed by atoms with Gasteiger partial charge in [-0.3, -0.25) is 4.90 Å².